The Morgan fingerprint density at radius 1 is 0.811 bits per heavy atom. The zero-order valence-corrected chi connectivity index (χ0v) is 22.4. The number of rotatable bonds is 8. The highest BCUT2D eigenvalue weighted by Gasteiger charge is 2.31. The molecular formula is C26H41F3N4O4. The number of halogens is 3. The van der Waals surface area contributed by atoms with E-state index in [1.165, 1.54) is 25.0 Å². The first kappa shape index (κ1) is 30.7. The molecule has 0 aromatic heterocycles. The third-order valence-corrected chi connectivity index (χ3v) is 6.43. The Morgan fingerprint density at radius 2 is 1.30 bits per heavy atom. The summed E-state index contributed by atoms with van der Waals surface area (Å²) < 4.78 is 46.2. The van der Waals surface area contributed by atoms with Crippen LogP contribution in [-0.2, 0) is 9.59 Å². The van der Waals surface area contributed by atoms with Crippen LogP contribution in [0.4, 0.5) is 13.2 Å². The Hall–Kier alpha value is -2.53. The molecule has 2 aliphatic rings. The van der Waals surface area contributed by atoms with Crippen LogP contribution in [0.3, 0.4) is 0 Å². The number of hydrogen-bond donors (Lipinski definition) is 0. The molecule has 8 nitrogen and oxygen atoms in total. The molecular weight excluding hydrogens is 489 g/mol. The fourth-order valence-electron chi connectivity index (χ4n) is 3.96. The van der Waals surface area contributed by atoms with Gasteiger partial charge in [-0.1, -0.05) is 33.6 Å². The highest BCUT2D eigenvalue weighted by atomic mass is 19.4. The first-order chi connectivity index (χ1) is 17.6. The second-order valence-electron chi connectivity index (χ2n) is 9.20. The Balaban J connectivity index is 0.00000112. The normalized spacial score (nSPS) is 18.0. The number of carbonyl (C=O) groups excluding carboxylic acids is 2. The van der Waals surface area contributed by atoms with Gasteiger partial charge in [0.15, 0.2) is 6.10 Å². The van der Waals surface area contributed by atoms with E-state index in [2.05, 4.69) is 35.3 Å². The van der Waals surface area contributed by atoms with Crippen molar-refractivity contribution in [1.29, 1.82) is 0 Å². The van der Waals surface area contributed by atoms with E-state index in [-0.39, 0.29) is 23.3 Å². The lowest BCUT2D eigenvalue weighted by Crippen LogP contribution is -2.55. The minimum atomic E-state index is -4.76. The van der Waals surface area contributed by atoms with E-state index in [9.17, 15) is 22.8 Å². The molecule has 0 saturated carbocycles. The van der Waals surface area contributed by atoms with Gasteiger partial charge in [-0.3, -0.25) is 14.5 Å². The average molecular weight is 531 g/mol. The first-order valence-electron chi connectivity index (χ1n) is 13.1. The SMILES string of the molecule is CCCC.CCN1CCN(C(=O)CN2CCN(C(=O)C(C)Oc3ccc(OC(F)(F)F)cc3)CC2)CC1. The molecule has 1 atom stereocenters. The Morgan fingerprint density at radius 3 is 1.78 bits per heavy atom. The van der Waals surface area contributed by atoms with Gasteiger partial charge in [0, 0.05) is 52.4 Å². The van der Waals surface area contributed by atoms with Crippen molar-refractivity contribution in [2.45, 2.75) is 53.0 Å². The molecule has 2 saturated heterocycles. The van der Waals surface area contributed by atoms with Gasteiger partial charge in [0.1, 0.15) is 11.5 Å². The molecule has 2 amide bonds. The summed E-state index contributed by atoms with van der Waals surface area (Å²) >= 11 is 0. The highest BCUT2D eigenvalue weighted by Crippen LogP contribution is 2.25. The van der Waals surface area contributed by atoms with E-state index in [0.717, 1.165) is 44.9 Å². The van der Waals surface area contributed by atoms with Gasteiger partial charge in [0.05, 0.1) is 6.54 Å². The molecule has 0 bridgehead atoms. The number of piperazine rings is 2. The van der Waals surface area contributed by atoms with Crippen LogP contribution in [0.5, 0.6) is 11.5 Å². The lowest BCUT2D eigenvalue weighted by atomic mass is 10.2. The molecule has 1 aromatic rings. The molecule has 37 heavy (non-hydrogen) atoms. The Bertz CT molecular complexity index is 820. The standard InChI is InChI=1S/C22H31F3N4O4.C4H10/c1-3-26-8-12-28(13-9-26)20(30)16-27-10-14-29(15-11-27)21(31)17(2)32-18-4-6-19(7-5-18)33-22(23,24)25;1-3-4-2/h4-7,17H,3,8-16H2,1-2H3;3-4H2,1-2H3. The molecule has 3 rings (SSSR count). The lowest BCUT2D eigenvalue weighted by Gasteiger charge is -2.38. The van der Waals surface area contributed by atoms with Crippen molar-refractivity contribution >= 4 is 11.8 Å². The maximum atomic E-state index is 12.7. The van der Waals surface area contributed by atoms with Crippen LogP contribution in [0, 0.1) is 0 Å². The van der Waals surface area contributed by atoms with Gasteiger partial charge < -0.3 is 24.2 Å². The summed E-state index contributed by atoms with van der Waals surface area (Å²) in [5, 5.41) is 0. The summed E-state index contributed by atoms with van der Waals surface area (Å²) in [4.78, 5) is 33.3. The molecule has 11 heteroatoms. The monoisotopic (exact) mass is 530 g/mol. The number of unbranched alkanes of at least 4 members (excludes halogenated alkanes) is 1. The van der Waals surface area contributed by atoms with E-state index < -0.39 is 12.5 Å². The van der Waals surface area contributed by atoms with Gasteiger partial charge in [0.25, 0.3) is 5.91 Å². The van der Waals surface area contributed by atoms with E-state index >= 15 is 0 Å². The Kier molecular flexibility index (Phi) is 12.5. The van der Waals surface area contributed by atoms with E-state index in [1.807, 2.05) is 4.90 Å². The predicted molar refractivity (Wildman–Crippen MR) is 136 cm³/mol. The third-order valence-electron chi connectivity index (χ3n) is 6.43. The van der Waals surface area contributed by atoms with Crippen LogP contribution >= 0.6 is 0 Å². The molecule has 210 valence electrons. The number of nitrogens with zero attached hydrogens (tertiary/aromatic N) is 4. The maximum absolute atomic E-state index is 12.7. The van der Waals surface area contributed by atoms with Gasteiger partial charge in [-0.15, -0.1) is 13.2 Å². The largest absolute Gasteiger partial charge is 0.573 e. The minimum Gasteiger partial charge on any atom is -0.481 e. The highest BCUT2D eigenvalue weighted by molar-refractivity contribution is 5.81. The van der Waals surface area contributed by atoms with Crippen LogP contribution < -0.4 is 9.47 Å². The van der Waals surface area contributed by atoms with Gasteiger partial charge in [-0.05, 0) is 37.7 Å². The van der Waals surface area contributed by atoms with Crippen molar-refractivity contribution in [1.82, 2.24) is 19.6 Å². The zero-order chi connectivity index (χ0) is 27.4. The molecule has 2 heterocycles. The number of carbonyl (C=O) groups is 2. The third kappa shape index (κ3) is 10.8. The first-order valence-corrected chi connectivity index (χ1v) is 13.1. The van der Waals surface area contributed by atoms with Crippen LogP contribution in [-0.4, -0.2) is 109 Å². The number of likely N-dealkylation sites (N-methyl/N-ethyl adjacent to an activating group) is 1. The number of alkyl halides is 3. The average Bonchev–Trinajstić information content (AvgIpc) is 2.89. The predicted octanol–water partition coefficient (Wildman–Crippen LogP) is 3.47. The quantitative estimate of drug-likeness (QED) is 0.513. The summed E-state index contributed by atoms with van der Waals surface area (Å²) in [5.41, 5.74) is 0. The summed E-state index contributed by atoms with van der Waals surface area (Å²) in [6.07, 6.45) is -2.91. The zero-order valence-electron chi connectivity index (χ0n) is 22.4. The molecule has 0 radical (unpaired) electrons. The van der Waals surface area contributed by atoms with Gasteiger partial charge in [0.2, 0.25) is 5.91 Å². The lowest BCUT2D eigenvalue weighted by molar-refractivity contribution is -0.274. The van der Waals surface area contributed by atoms with E-state index in [4.69, 9.17) is 4.74 Å². The van der Waals surface area contributed by atoms with Crippen molar-refractivity contribution in [3.8, 4) is 11.5 Å². The summed E-state index contributed by atoms with van der Waals surface area (Å²) in [5.74, 6) is -0.156. The van der Waals surface area contributed by atoms with Gasteiger partial charge in [-0.2, -0.15) is 0 Å². The molecule has 1 unspecified atom stereocenters. The van der Waals surface area contributed by atoms with Crippen LogP contribution in [0.15, 0.2) is 24.3 Å². The molecule has 1 aromatic carbocycles. The van der Waals surface area contributed by atoms with E-state index in [0.29, 0.717) is 32.7 Å². The Labute approximate surface area is 218 Å². The second kappa shape index (κ2) is 15.0. The molecule has 2 fully saturated rings. The van der Waals surface area contributed by atoms with Gasteiger partial charge in [-0.25, -0.2) is 0 Å². The summed E-state index contributed by atoms with van der Waals surface area (Å²) in [6.45, 7) is 14.9. The number of benzene rings is 1. The van der Waals surface area contributed by atoms with Crippen molar-refractivity contribution in [3.63, 3.8) is 0 Å². The summed E-state index contributed by atoms with van der Waals surface area (Å²) in [6, 6.07) is 4.93. The maximum Gasteiger partial charge on any atom is 0.573 e. The number of ether oxygens (including phenoxy) is 2. The molecule has 0 aliphatic carbocycles. The van der Waals surface area contributed by atoms with E-state index in [1.54, 1.807) is 11.8 Å². The van der Waals surface area contributed by atoms with Crippen molar-refractivity contribution in [2.24, 2.45) is 0 Å². The fraction of sp³-hybridized carbons (Fsp3) is 0.692. The van der Waals surface area contributed by atoms with Crippen LogP contribution in [0.25, 0.3) is 0 Å². The fourth-order valence-corrected chi connectivity index (χ4v) is 3.96. The number of hydrogen-bond acceptors (Lipinski definition) is 6. The van der Waals surface area contributed by atoms with Gasteiger partial charge >= 0.3 is 6.36 Å². The molecule has 0 spiro atoms. The van der Waals surface area contributed by atoms with Crippen LogP contribution in [0.2, 0.25) is 0 Å². The topological polar surface area (TPSA) is 65.6 Å². The van der Waals surface area contributed by atoms with Crippen LogP contribution in [0.1, 0.15) is 40.5 Å². The summed E-state index contributed by atoms with van der Waals surface area (Å²) in [7, 11) is 0. The van der Waals surface area contributed by atoms with Crippen molar-refractivity contribution < 1.29 is 32.2 Å². The molecule has 0 N–H and O–H groups in total. The minimum absolute atomic E-state index is 0.125. The smallest absolute Gasteiger partial charge is 0.481 e. The molecule has 2 aliphatic heterocycles. The van der Waals surface area contributed by atoms with Crippen molar-refractivity contribution in [2.75, 3.05) is 65.4 Å². The number of amides is 2. The second-order valence-corrected chi connectivity index (χ2v) is 9.20. The van der Waals surface area contributed by atoms with Crippen molar-refractivity contribution in [3.05, 3.63) is 24.3 Å².